The highest BCUT2D eigenvalue weighted by atomic mass is 16.6. The van der Waals surface area contributed by atoms with Crippen LogP contribution in [0.25, 0.3) is 10.9 Å². The van der Waals surface area contributed by atoms with E-state index in [-0.39, 0.29) is 18.0 Å². The Labute approximate surface area is 138 Å². The van der Waals surface area contributed by atoms with E-state index in [0.29, 0.717) is 18.4 Å². The normalized spacial score (nSPS) is 19.5. The summed E-state index contributed by atoms with van der Waals surface area (Å²) in [7, 11) is 1.69. The monoisotopic (exact) mass is 326 g/mol. The van der Waals surface area contributed by atoms with Crippen molar-refractivity contribution in [2.75, 3.05) is 0 Å². The molecule has 0 N–H and O–H groups in total. The molecule has 1 spiro atoms. The van der Waals surface area contributed by atoms with Crippen LogP contribution in [0.3, 0.4) is 0 Å². The summed E-state index contributed by atoms with van der Waals surface area (Å²) in [5.74, 6) is -0.305. The lowest BCUT2D eigenvalue weighted by atomic mass is 10.0. The zero-order valence-corrected chi connectivity index (χ0v) is 13.4. The zero-order valence-electron chi connectivity index (χ0n) is 13.4. The summed E-state index contributed by atoms with van der Waals surface area (Å²) in [4.78, 5) is 38.5. The van der Waals surface area contributed by atoms with Crippen molar-refractivity contribution in [2.24, 2.45) is 7.05 Å². The number of hydrogen-bond donors (Lipinski definition) is 0. The van der Waals surface area contributed by atoms with E-state index in [4.69, 9.17) is 4.74 Å². The molecule has 2 aromatic rings. The number of fused-ring (bicyclic) bond motifs is 1. The van der Waals surface area contributed by atoms with Gasteiger partial charge in [-0.1, -0.05) is 18.2 Å². The molecule has 24 heavy (non-hydrogen) atoms. The summed E-state index contributed by atoms with van der Waals surface area (Å²) in [6, 6.07) is 9.27. The first-order valence-electron chi connectivity index (χ1n) is 8.14. The van der Waals surface area contributed by atoms with Gasteiger partial charge in [-0.25, -0.2) is 9.69 Å². The van der Waals surface area contributed by atoms with Crippen LogP contribution >= 0.6 is 0 Å². The fourth-order valence-corrected chi connectivity index (χ4v) is 3.77. The van der Waals surface area contributed by atoms with Gasteiger partial charge < -0.3 is 9.30 Å². The molecule has 1 aromatic carbocycles. The highest BCUT2D eigenvalue weighted by Crippen LogP contribution is 2.39. The molecule has 2 aliphatic rings. The number of nitrogens with zero attached hydrogens (tertiary/aromatic N) is 2. The third-order valence-corrected chi connectivity index (χ3v) is 5.08. The number of carbonyl (C=O) groups is 2. The molecule has 2 fully saturated rings. The van der Waals surface area contributed by atoms with E-state index < -0.39 is 11.7 Å². The van der Waals surface area contributed by atoms with E-state index in [9.17, 15) is 14.4 Å². The second-order valence-corrected chi connectivity index (χ2v) is 6.55. The van der Waals surface area contributed by atoms with Crippen molar-refractivity contribution in [1.82, 2.24) is 9.47 Å². The van der Waals surface area contributed by atoms with Gasteiger partial charge in [0.15, 0.2) is 5.60 Å². The molecule has 1 saturated carbocycles. The van der Waals surface area contributed by atoms with Crippen molar-refractivity contribution in [3.63, 3.8) is 0 Å². The van der Waals surface area contributed by atoms with Crippen LogP contribution in [0.5, 0.6) is 0 Å². The van der Waals surface area contributed by atoms with Gasteiger partial charge >= 0.3 is 6.09 Å². The predicted octanol–water partition coefficient (Wildman–Crippen LogP) is 2.33. The maximum Gasteiger partial charge on any atom is 0.418 e. The Kier molecular flexibility index (Phi) is 3.23. The summed E-state index contributed by atoms with van der Waals surface area (Å²) in [6.07, 6.45) is 2.26. The molecule has 2 heterocycles. The second kappa shape index (κ2) is 5.19. The molecule has 4 rings (SSSR count). The third-order valence-electron chi connectivity index (χ3n) is 5.08. The van der Waals surface area contributed by atoms with Crippen molar-refractivity contribution in [3.8, 4) is 0 Å². The summed E-state index contributed by atoms with van der Waals surface area (Å²) >= 11 is 0. The lowest BCUT2D eigenvalue weighted by Crippen LogP contribution is -2.39. The first kappa shape index (κ1) is 14.9. The molecule has 6 heteroatoms. The number of ether oxygens (including phenoxy) is 1. The number of carbonyl (C=O) groups excluding carboxylic acids is 2. The number of rotatable bonds is 2. The predicted molar refractivity (Wildman–Crippen MR) is 87.4 cm³/mol. The van der Waals surface area contributed by atoms with Gasteiger partial charge in [0.2, 0.25) is 0 Å². The van der Waals surface area contributed by atoms with E-state index in [0.717, 1.165) is 28.6 Å². The fourth-order valence-electron chi connectivity index (χ4n) is 3.77. The molecule has 0 bridgehead atoms. The van der Waals surface area contributed by atoms with Crippen LogP contribution in [0, 0.1) is 0 Å². The smallest absolute Gasteiger partial charge is 0.418 e. The minimum Gasteiger partial charge on any atom is -0.432 e. The Morgan fingerprint density at radius 1 is 1.12 bits per heavy atom. The number of hydrogen-bond acceptors (Lipinski definition) is 4. The number of pyridine rings is 1. The standard InChI is InChI=1S/C18H18N2O4/c1-19-14-7-3-2-6-12(14)10-13(15(19)21)11-20-16(22)18(24-17(20)23)8-4-5-9-18/h2-3,6-7,10H,4-5,8-9,11H2,1H3. The Hall–Kier alpha value is -2.63. The Morgan fingerprint density at radius 3 is 2.58 bits per heavy atom. The van der Waals surface area contributed by atoms with Crippen LogP contribution in [0.1, 0.15) is 31.2 Å². The Morgan fingerprint density at radius 2 is 1.83 bits per heavy atom. The SMILES string of the molecule is Cn1c(=O)c(CN2C(=O)OC3(CCCC3)C2=O)cc2ccccc21. The van der Waals surface area contributed by atoms with Crippen molar-refractivity contribution in [1.29, 1.82) is 0 Å². The van der Waals surface area contributed by atoms with Gasteiger partial charge in [-0.3, -0.25) is 9.59 Å². The van der Waals surface area contributed by atoms with Crippen LogP contribution in [0.15, 0.2) is 35.1 Å². The maximum absolute atomic E-state index is 12.7. The highest BCUT2D eigenvalue weighted by molar-refractivity contribution is 6.03. The van der Waals surface area contributed by atoms with Crippen LogP contribution in [0.4, 0.5) is 4.79 Å². The summed E-state index contributed by atoms with van der Waals surface area (Å²) in [5.41, 5.74) is 0.0335. The quantitative estimate of drug-likeness (QED) is 0.849. The van der Waals surface area contributed by atoms with E-state index in [1.54, 1.807) is 17.7 Å². The molecule has 1 aliphatic carbocycles. The number of aromatic nitrogens is 1. The summed E-state index contributed by atoms with van der Waals surface area (Å²) in [5, 5.41) is 0.894. The molecule has 1 saturated heterocycles. The van der Waals surface area contributed by atoms with E-state index >= 15 is 0 Å². The van der Waals surface area contributed by atoms with E-state index in [1.165, 1.54) is 0 Å². The van der Waals surface area contributed by atoms with Crippen LogP contribution in [-0.2, 0) is 23.1 Å². The molecule has 1 aromatic heterocycles. The minimum atomic E-state index is -0.987. The van der Waals surface area contributed by atoms with Crippen molar-refractivity contribution >= 4 is 22.9 Å². The van der Waals surface area contributed by atoms with Crippen LogP contribution < -0.4 is 5.56 Å². The average molecular weight is 326 g/mol. The van der Waals surface area contributed by atoms with Crippen LogP contribution in [-0.4, -0.2) is 27.1 Å². The Bertz CT molecular complexity index is 909. The van der Waals surface area contributed by atoms with Crippen LogP contribution in [0.2, 0.25) is 0 Å². The zero-order chi connectivity index (χ0) is 16.9. The maximum atomic E-state index is 12.7. The highest BCUT2D eigenvalue weighted by Gasteiger charge is 2.55. The molecule has 1 aliphatic heterocycles. The molecule has 0 radical (unpaired) electrons. The van der Waals surface area contributed by atoms with Gasteiger partial charge in [0.05, 0.1) is 12.1 Å². The van der Waals surface area contributed by atoms with Gasteiger partial charge in [-0.05, 0) is 43.2 Å². The lowest BCUT2D eigenvalue weighted by molar-refractivity contribution is -0.136. The first-order chi connectivity index (χ1) is 11.5. The number of amides is 2. The molecule has 0 atom stereocenters. The van der Waals surface area contributed by atoms with Crippen molar-refractivity contribution in [2.45, 2.75) is 37.8 Å². The number of para-hydroxylation sites is 1. The topological polar surface area (TPSA) is 68.6 Å². The van der Waals surface area contributed by atoms with Gasteiger partial charge in [0, 0.05) is 12.6 Å². The van der Waals surface area contributed by atoms with Gasteiger partial charge in [0.1, 0.15) is 0 Å². The van der Waals surface area contributed by atoms with Crippen molar-refractivity contribution in [3.05, 3.63) is 46.2 Å². The number of imide groups is 1. The second-order valence-electron chi connectivity index (χ2n) is 6.55. The van der Waals surface area contributed by atoms with Gasteiger partial charge in [-0.2, -0.15) is 0 Å². The lowest BCUT2D eigenvalue weighted by Gasteiger charge is -2.18. The third kappa shape index (κ3) is 2.06. The molecule has 124 valence electrons. The molecular weight excluding hydrogens is 308 g/mol. The van der Waals surface area contributed by atoms with Gasteiger partial charge in [0.25, 0.3) is 11.5 Å². The molecule has 2 amide bonds. The summed E-state index contributed by atoms with van der Waals surface area (Å²) < 4.78 is 6.94. The number of aryl methyl sites for hydroxylation is 1. The van der Waals surface area contributed by atoms with E-state index in [2.05, 4.69) is 0 Å². The summed E-state index contributed by atoms with van der Waals surface area (Å²) in [6.45, 7) is -0.0447. The molecular formula is C18H18N2O4. The minimum absolute atomic E-state index is 0.0447. The van der Waals surface area contributed by atoms with E-state index in [1.807, 2.05) is 24.3 Å². The average Bonchev–Trinajstić information content (AvgIpc) is 3.13. The molecule has 0 unspecified atom stereocenters. The largest absolute Gasteiger partial charge is 0.432 e. The molecule has 6 nitrogen and oxygen atoms in total. The Balaban J connectivity index is 1.72. The van der Waals surface area contributed by atoms with Crippen molar-refractivity contribution < 1.29 is 14.3 Å². The number of benzene rings is 1. The first-order valence-corrected chi connectivity index (χ1v) is 8.14. The van der Waals surface area contributed by atoms with Gasteiger partial charge in [-0.15, -0.1) is 0 Å². The fraction of sp³-hybridized carbons (Fsp3) is 0.389.